The van der Waals surface area contributed by atoms with Crippen LogP contribution in [0.4, 0.5) is 0 Å². The Hall–Kier alpha value is -1.60. The fraction of sp³-hybridized carbons (Fsp3) is 0.0714. The molecule has 0 spiro atoms. The third-order valence-corrected chi connectivity index (χ3v) is 2.78. The van der Waals surface area contributed by atoms with Gasteiger partial charge in [0.1, 0.15) is 0 Å². The summed E-state index contributed by atoms with van der Waals surface area (Å²) in [4.78, 5) is 11.4. The second-order valence-corrected chi connectivity index (χ2v) is 4.02. The smallest absolute Gasteiger partial charge is 0.161 e. The summed E-state index contributed by atoms with van der Waals surface area (Å²) < 4.78 is 0. The zero-order chi connectivity index (χ0) is 11.5. The van der Waals surface area contributed by atoms with E-state index in [2.05, 4.69) is 0 Å². The van der Waals surface area contributed by atoms with E-state index < -0.39 is 0 Å². The molecule has 0 radical (unpaired) electrons. The van der Waals surface area contributed by atoms with Gasteiger partial charge in [0.15, 0.2) is 5.78 Å². The minimum Gasteiger partial charge on any atom is -0.294 e. The van der Waals surface area contributed by atoms with Gasteiger partial charge in [-0.3, -0.25) is 4.79 Å². The van der Waals surface area contributed by atoms with Crippen LogP contribution in [0.15, 0.2) is 48.5 Å². The molecular formula is C14H11ClO. The minimum atomic E-state index is -0.0113. The number of carbonyl (C=O) groups excluding carboxylic acids is 1. The molecule has 16 heavy (non-hydrogen) atoms. The molecule has 0 atom stereocenters. The average molecular weight is 231 g/mol. The molecule has 0 unspecified atom stereocenters. The first kappa shape index (κ1) is 10.9. The van der Waals surface area contributed by atoms with E-state index >= 15 is 0 Å². The van der Waals surface area contributed by atoms with E-state index in [4.69, 9.17) is 11.6 Å². The largest absolute Gasteiger partial charge is 0.294 e. The van der Waals surface area contributed by atoms with Crippen molar-refractivity contribution in [3.05, 3.63) is 59.1 Å². The number of hydrogen-bond donors (Lipinski definition) is 0. The first-order chi connectivity index (χ1) is 7.68. The van der Waals surface area contributed by atoms with Crippen molar-refractivity contribution in [1.29, 1.82) is 0 Å². The standard InChI is InChI=1S/C14H11ClO/c1-10(16)13-9-12(7-8-14(13)15)11-5-3-2-4-6-11/h2-9H,1H3. The predicted molar refractivity (Wildman–Crippen MR) is 66.9 cm³/mol. The van der Waals surface area contributed by atoms with Crippen LogP contribution < -0.4 is 0 Å². The lowest BCUT2D eigenvalue weighted by Gasteiger charge is -2.05. The van der Waals surface area contributed by atoms with E-state index in [9.17, 15) is 4.79 Å². The van der Waals surface area contributed by atoms with E-state index in [1.54, 1.807) is 6.07 Å². The van der Waals surface area contributed by atoms with Crippen LogP contribution >= 0.6 is 11.6 Å². The topological polar surface area (TPSA) is 17.1 Å². The highest BCUT2D eigenvalue weighted by atomic mass is 35.5. The van der Waals surface area contributed by atoms with E-state index in [1.165, 1.54) is 6.92 Å². The second kappa shape index (κ2) is 4.50. The number of rotatable bonds is 2. The normalized spacial score (nSPS) is 10.1. The van der Waals surface area contributed by atoms with Crippen LogP contribution in [0.25, 0.3) is 11.1 Å². The van der Waals surface area contributed by atoms with Gasteiger partial charge in [-0.05, 0) is 30.2 Å². The molecule has 1 nitrogen and oxygen atoms in total. The molecule has 80 valence electrons. The molecule has 0 aliphatic carbocycles. The molecule has 0 saturated heterocycles. The molecule has 0 heterocycles. The van der Waals surface area contributed by atoms with Crippen molar-refractivity contribution in [2.45, 2.75) is 6.92 Å². The third kappa shape index (κ3) is 2.15. The highest BCUT2D eigenvalue weighted by Gasteiger charge is 2.07. The molecule has 2 rings (SSSR count). The summed E-state index contributed by atoms with van der Waals surface area (Å²) in [5, 5.41) is 0.507. The Labute approximate surface area is 99.7 Å². The minimum absolute atomic E-state index is 0.0113. The maximum Gasteiger partial charge on any atom is 0.161 e. The van der Waals surface area contributed by atoms with Gasteiger partial charge in [-0.1, -0.05) is 48.0 Å². The zero-order valence-corrected chi connectivity index (χ0v) is 9.66. The van der Waals surface area contributed by atoms with Crippen molar-refractivity contribution in [3.8, 4) is 11.1 Å². The summed E-state index contributed by atoms with van der Waals surface area (Å²) in [7, 11) is 0. The van der Waals surface area contributed by atoms with E-state index in [-0.39, 0.29) is 5.78 Å². The Bertz CT molecular complexity index is 518. The van der Waals surface area contributed by atoms with Gasteiger partial charge in [0.25, 0.3) is 0 Å². The van der Waals surface area contributed by atoms with Crippen LogP contribution in [0.1, 0.15) is 17.3 Å². The number of ketones is 1. The summed E-state index contributed by atoms with van der Waals surface area (Å²) in [5.41, 5.74) is 2.67. The molecule has 2 aromatic carbocycles. The van der Waals surface area contributed by atoms with Gasteiger partial charge in [0, 0.05) is 5.56 Å². The van der Waals surface area contributed by atoms with E-state index in [0.717, 1.165) is 11.1 Å². The van der Waals surface area contributed by atoms with Gasteiger partial charge in [0.2, 0.25) is 0 Å². The van der Waals surface area contributed by atoms with Gasteiger partial charge in [-0.15, -0.1) is 0 Å². The van der Waals surface area contributed by atoms with Gasteiger partial charge in [-0.25, -0.2) is 0 Å². The Morgan fingerprint density at radius 1 is 1.00 bits per heavy atom. The van der Waals surface area contributed by atoms with Crippen LogP contribution in [0.2, 0.25) is 5.02 Å². The fourth-order valence-electron chi connectivity index (χ4n) is 1.61. The van der Waals surface area contributed by atoms with Gasteiger partial charge in [-0.2, -0.15) is 0 Å². The van der Waals surface area contributed by atoms with Gasteiger partial charge in [0.05, 0.1) is 5.02 Å². The van der Waals surface area contributed by atoms with Crippen molar-refractivity contribution >= 4 is 17.4 Å². The molecule has 0 amide bonds. The van der Waals surface area contributed by atoms with Crippen LogP contribution in [0, 0.1) is 0 Å². The summed E-state index contributed by atoms with van der Waals surface area (Å²) in [6.07, 6.45) is 0. The second-order valence-electron chi connectivity index (χ2n) is 3.62. The number of hydrogen-bond acceptors (Lipinski definition) is 1. The lowest BCUT2D eigenvalue weighted by Crippen LogP contribution is -1.93. The Balaban J connectivity index is 2.52. The molecule has 0 saturated carbocycles. The van der Waals surface area contributed by atoms with Crippen molar-refractivity contribution < 1.29 is 4.79 Å². The lowest BCUT2D eigenvalue weighted by molar-refractivity contribution is 0.101. The number of carbonyl (C=O) groups is 1. The summed E-state index contributed by atoms with van der Waals surface area (Å²) in [6, 6.07) is 15.4. The lowest BCUT2D eigenvalue weighted by atomic mass is 10.0. The first-order valence-corrected chi connectivity index (χ1v) is 5.42. The van der Waals surface area contributed by atoms with E-state index in [1.807, 2.05) is 42.5 Å². The molecule has 2 aromatic rings. The number of halogens is 1. The number of benzene rings is 2. The Kier molecular flexibility index (Phi) is 3.07. The van der Waals surface area contributed by atoms with Crippen LogP contribution in [-0.2, 0) is 0 Å². The molecular weight excluding hydrogens is 220 g/mol. The Morgan fingerprint density at radius 2 is 1.69 bits per heavy atom. The average Bonchev–Trinajstić information content (AvgIpc) is 2.30. The summed E-state index contributed by atoms with van der Waals surface area (Å²) in [5.74, 6) is -0.0113. The monoisotopic (exact) mass is 230 g/mol. The van der Waals surface area contributed by atoms with Crippen molar-refractivity contribution in [2.75, 3.05) is 0 Å². The number of Topliss-reactive ketones (excluding diaryl/α,β-unsaturated/α-hetero) is 1. The van der Waals surface area contributed by atoms with E-state index in [0.29, 0.717) is 10.6 Å². The maximum absolute atomic E-state index is 11.4. The van der Waals surface area contributed by atoms with Crippen LogP contribution in [0.3, 0.4) is 0 Å². The van der Waals surface area contributed by atoms with Crippen molar-refractivity contribution in [1.82, 2.24) is 0 Å². The summed E-state index contributed by atoms with van der Waals surface area (Å²) >= 11 is 5.96. The van der Waals surface area contributed by atoms with Gasteiger partial charge >= 0.3 is 0 Å². The molecule has 0 aliphatic heterocycles. The van der Waals surface area contributed by atoms with Crippen LogP contribution in [0.5, 0.6) is 0 Å². The molecule has 0 fully saturated rings. The molecule has 0 N–H and O–H groups in total. The highest BCUT2D eigenvalue weighted by Crippen LogP contribution is 2.25. The molecule has 0 aromatic heterocycles. The zero-order valence-electron chi connectivity index (χ0n) is 8.91. The molecule has 2 heteroatoms. The fourth-order valence-corrected chi connectivity index (χ4v) is 1.86. The quantitative estimate of drug-likeness (QED) is 0.707. The SMILES string of the molecule is CC(=O)c1cc(-c2ccccc2)ccc1Cl. The maximum atomic E-state index is 11.4. The van der Waals surface area contributed by atoms with Gasteiger partial charge < -0.3 is 0 Å². The first-order valence-electron chi connectivity index (χ1n) is 5.04. The predicted octanol–water partition coefficient (Wildman–Crippen LogP) is 4.21. The van der Waals surface area contributed by atoms with Crippen molar-refractivity contribution in [2.24, 2.45) is 0 Å². The Morgan fingerprint density at radius 3 is 2.31 bits per heavy atom. The molecule has 0 aliphatic rings. The third-order valence-electron chi connectivity index (χ3n) is 2.45. The van der Waals surface area contributed by atoms with Crippen LogP contribution in [-0.4, -0.2) is 5.78 Å². The highest BCUT2D eigenvalue weighted by molar-refractivity contribution is 6.34. The summed E-state index contributed by atoms with van der Waals surface area (Å²) in [6.45, 7) is 1.52. The van der Waals surface area contributed by atoms with Crippen molar-refractivity contribution in [3.63, 3.8) is 0 Å². The molecule has 0 bridgehead atoms.